The van der Waals surface area contributed by atoms with Gasteiger partial charge >= 0.3 is 0 Å². The van der Waals surface area contributed by atoms with Crippen molar-refractivity contribution in [1.29, 1.82) is 0 Å². The van der Waals surface area contributed by atoms with E-state index in [1.807, 2.05) is 12.1 Å². The number of piperazine rings is 1. The zero-order valence-corrected chi connectivity index (χ0v) is 15.5. The minimum atomic E-state index is -3.10. The molecule has 0 saturated carbocycles. The molecule has 0 amide bonds. The topological polar surface area (TPSA) is 72.9 Å². The molecule has 1 aromatic rings. The molecule has 3 aliphatic rings. The summed E-state index contributed by atoms with van der Waals surface area (Å²) < 4.78 is 24.8. The van der Waals surface area contributed by atoms with Crippen molar-refractivity contribution < 1.29 is 13.5 Å². The van der Waals surface area contributed by atoms with Gasteiger partial charge in [0.25, 0.3) is 0 Å². The fourth-order valence-electron chi connectivity index (χ4n) is 4.62. The Morgan fingerprint density at radius 3 is 2.12 bits per heavy atom. The van der Waals surface area contributed by atoms with E-state index in [1.54, 1.807) is 0 Å². The first kappa shape index (κ1) is 17.3. The molecule has 0 aromatic heterocycles. The zero-order chi connectivity index (χ0) is 17.7. The van der Waals surface area contributed by atoms with Gasteiger partial charge in [0, 0.05) is 44.0 Å². The summed E-state index contributed by atoms with van der Waals surface area (Å²) in [5.74, 6) is 0. The average molecular weight is 365 g/mol. The number of anilines is 1. The number of hydrogen-bond donors (Lipinski definition) is 2. The van der Waals surface area contributed by atoms with Crippen molar-refractivity contribution in [1.82, 2.24) is 9.62 Å². The van der Waals surface area contributed by atoms with Gasteiger partial charge in [-0.1, -0.05) is 12.1 Å². The fraction of sp³-hybridized carbons (Fsp3) is 0.667. The summed E-state index contributed by atoms with van der Waals surface area (Å²) in [4.78, 5) is 2.21. The van der Waals surface area contributed by atoms with Crippen molar-refractivity contribution in [3.05, 3.63) is 29.8 Å². The van der Waals surface area contributed by atoms with Crippen LogP contribution in [0.1, 0.15) is 31.2 Å². The van der Waals surface area contributed by atoms with Crippen LogP contribution in [0.4, 0.5) is 5.69 Å². The first-order chi connectivity index (χ1) is 11.8. The normalized spacial score (nSPS) is 33.6. The van der Waals surface area contributed by atoms with E-state index < -0.39 is 15.6 Å². The Kier molecular flexibility index (Phi) is 4.30. The van der Waals surface area contributed by atoms with Gasteiger partial charge < -0.3 is 15.3 Å². The second-order valence-corrected chi connectivity index (χ2v) is 9.76. The quantitative estimate of drug-likeness (QED) is 0.832. The predicted molar refractivity (Wildman–Crippen MR) is 98.1 cm³/mol. The minimum absolute atomic E-state index is 0.437. The van der Waals surface area contributed by atoms with Crippen molar-refractivity contribution in [2.24, 2.45) is 0 Å². The second-order valence-electron chi connectivity index (χ2n) is 7.77. The number of nitrogens with zero attached hydrogens (tertiary/aromatic N) is 2. The van der Waals surface area contributed by atoms with Gasteiger partial charge in [-0.3, -0.25) is 0 Å². The highest BCUT2D eigenvalue weighted by Gasteiger charge is 2.43. The van der Waals surface area contributed by atoms with Crippen molar-refractivity contribution in [3.63, 3.8) is 0 Å². The van der Waals surface area contributed by atoms with E-state index in [-0.39, 0.29) is 0 Å². The Morgan fingerprint density at radius 1 is 1.04 bits per heavy atom. The highest BCUT2D eigenvalue weighted by Crippen LogP contribution is 2.41. The van der Waals surface area contributed by atoms with Crippen LogP contribution in [-0.2, 0) is 15.6 Å². The van der Waals surface area contributed by atoms with Crippen molar-refractivity contribution in [2.45, 2.75) is 43.4 Å². The van der Waals surface area contributed by atoms with Crippen molar-refractivity contribution in [3.8, 4) is 0 Å². The lowest BCUT2D eigenvalue weighted by molar-refractivity contribution is -0.0114. The van der Waals surface area contributed by atoms with E-state index in [1.165, 1.54) is 10.6 Å². The highest BCUT2D eigenvalue weighted by atomic mass is 32.2. The van der Waals surface area contributed by atoms with E-state index >= 15 is 0 Å². The number of fused-ring (bicyclic) bond motifs is 2. The summed E-state index contributed by atoms with van der Waals surface area (Å²) in [6.07, 6.45) is 5.17. The fourth-order valence-corrected chi connectivity index (χ4v) is 5.45. The van der Waals surface area contributed by atoms with Gasteiger partial charge in [-0.2, -0.15) is 4.31 Å². The van der Waals surface area contributed by atoms with Crippen molar-refractivity contribution >= 4 is 15.7 Å². The Morgan fingerprint density at radius 2 is 1.60 bits per heavy atom. The van der Waals surface area contributed by atoms with Crippen LogP contribution in [0.15, 0.2) is 24.3 Å². The molecule has 7 heteroatoms. The van der Waals surface area contributed by atoms with E-state index in [2.05, 4.69) is 22.3 Å². The number of hydrogen-bond acceptors (Lipinski definition) is 5. The van der Waals surface area contributed by atoms with Gasteiger partial charge in [0.05, 0.1) is 11.9 Å². The molecule has 138 valence electrons. The third kappa shape index (κ3) is 3.43. The third-order valence-electron chi connectivity index (χ3n) is 5.98. The molecule has 2 bridgehead atoms. The molecule has 3 saturated heterocycles. The maximum Gasteiger partial charge on any atom is 0.211 e. The van der Waals surface area contributed by atoms with Gasteiger partial charge in [-0.05, 0) is 43.4 Å². The lowest BCUT2D eigenvalue weighted by Gasteiger charge is -2.38. The molecule has 2 atom stereocenters. The molecule has 0 radical (unpaired) electrons. The summed E-state index contributed by atoms with van der Waals surface area (Å²) >= 11 is 0. The minimum Gasteiger partial charge on any atom is -0.385 e. The van der Waals surface area contributed by atoms with Gasteiger partial charge in [0.15, 0.2) is 0 Å². The number of piperidine rings is 1. The Balaban J connectivity index is 1.44. The summed E-state index contributed by atoms with van der Waals surface area (Å²) in [6.45, 7) is 2.45. The first-order valence-electron chi connectivity index (χ1n) is 9.13. The van der Waals surface area contributed by atoms with E-state index in [4.69, 9.17) is 0 Å². The highest BCUT2D eigenvalue weighted by molar-refractivity contribution is 7.88. The molecular formula is C18H27N3O3S. The van der Waals surface area contributed by atoms with Crippen LogP contribution in [0, 0.1) is 0 Å². The summed E-state index contributed by atoms with van der Waals surface area (Å²) in [7, 11) is -3.10. The molecular weight excluding hydrogens is 338 g/mol. The summed E-state index contributed by atoms with van der Waals surface area (Å²) in [5.41, 5.74) is 1.38. The van der Waals surface area contributed by atoms with Gasteiger partial charge in [0.1, 0.15) is 0 Å². The van der Waals surface area contributed by atoms with Crippen LogP contribution in [0.5, 0.6) is 0 Å². The van der Waals surface area contributed by atoms with Gasteiger partial charge in [-0.25, -0.2) is 8.42 Å². The average Bonchev–Trinajstić information content (AvgIpc) is 2.93. The number of sulfonamides is 1. The maximum atomic E-state index is 11.6. The Hall–Kier alpha value is -1.15. The van der Waals surface area contributed by atoms with Crippen LogP contribution in [-0.4, -0.2) is 62.3 Å². The molecule has 1 aromatic carbocycles. The largest absolute Gasteiger partial charge is 0.385 e. The molecule has 4 rings (SSSR count). The third-order valence-corrected chi connectivity index (χ3v) is 7.28. The molecule has 25 heavy (non-hydrogen) atoms. The lowest BCUT2D eigenvalue weighted by Crippen LogP contribution is -2.48. The molecule has 3 aliphatic heterocycles. The molecule has 2 unspecified atom stereocenters. The standard InChI is InChI=1S/C18H27N3O3S/c1-25(23,24)21-10-8-20(9-11-21)17-6-2-14(3-7-17)18(22)12-15-4-5-16(13-18)19-15/h2-3,6-7,15-16,19,22H,4-5,8-13H2,1H3. The smallest absolute Gasteiger partial charge is 0.211 e. The zero-order valence-electron chi connectivity index (χ0n) is 14.7. The number of benzene rings is 1. The molecule has 2 N–H and O–H groups in total. The number of aliphatic hydroxyl groups is 1. The van der Waals surface area contributed by atoms with Crippen LogP contribution >= 0.6 is 0 Å². The molecule has 0 aliphatic carbocycles. The van der Waals surface area contributed by atoms with E-state index in [0.717, 1.165) is 36.9 Å². The monoisotopic (exact) mass is 365 g/mol. The van der Waals surface area contributed by atoms with Crippen LogP contribution in [0.3, 0.4) is 0 Å². The van der Waals surface area contributed by atoms with E-state index in [0.29, 0.717) is 38.3 Å². The van der Waals surface area contributed by atoms with Crippen molar-refractivity contribution in [2.75, 3.05) is 37.3 Å². The Bertz CT molecular complexity index is 714. The van der Waals surface area contributed by atoms with Gasteiger partial charge in [0.2, 0.25) is 10.0 Å². The first-order valence-corrected chi connectivity index (χ1v) is 11.0. The Labute approximate surface area is 149 Å². The maximum absolute atomic E-state index is 11.6. The predicted octanol–water partition coefficient (Wildman–Crippen LogP) is 0.870. The molecule has 3 fully saturated rings. The van der Waals surface area contributed by atoms with Crippen LogP contribution < -0.4 is 10.2 Å². The number of rotatable bonds is 3. The molecule has 6 nitrogen and oxygen atoms in total. The second kappa shape index (κ2) is 6.23. The van der Waals surface area contributed by atoms with Gasteiger partial charge in [-0.15, -0.1) is 0 Å². The SMILES string of the molecule is CS(=O)(=O)N1CCN(c2ccc(C3(O)CC4CCC(C3)N4)cc2)CC1. The number of nitrogens with one attached hydrogen (secondary N) is 1. The van der Waals surface area contributed by atoms with Crippen LogP contribution in [0.25, 0.3) is 0 Å². The summed E-state index contributed by atoms with van der Waals surface area (Å²) in [6, 6.07) is 9.09. The lowest BCUT2D eigenvalue weighted by atomic mass is 9.81. The van der Waals surface area contributed by atoms with E-state index in [9.17, 15) is 13.5 Å². The van der Waals surface area contributed by atoms with Crippen LogP contribution in [0.2, 0.25) is 0 Å². The molecule has 3 heterocycles. The molecule has 0 spiro atoms. The summed E-state index contributed by atoms with van der Waals surface area (Å²) in [5, 5.41) is 14.7.